The molecule has 3 atom stereocenters. The summed E-state index contributed by atoms with van der Waals surface area (Å²) in [6, 6.07) is 1.64. The van der Waals surface area contributed by atoms with Gasteiger partial charge < -0.3 is 4.90 Å². The van der Waals surface area contributed by atoms with E-state index in [0.29, 0.717) is 25.8 Å². The van der Waals surface area contributed by atoms with Crippen LogP contribution in [0, 0.1) is 23.2 Å². The molecule has 20 heavy (non-hydrogen) atoms. The van der Waals surface area contributed by atoms with Crippen LogP contribution in [0.4, 0.5) is 13.2 Å². The first-order valence-corrected chi connectivity index (χ1v) is 7.20. The van der Waals surface area contributed by atoms with E-state index in [4.69, 9.17) is 5.26 Å². The lowest BCUT2D eigenvalue weighted by Gasteiger charge is -2.37. The van der Waals surface area contributed by atoms with Gasteiger partial charge in [-0.2, -0.15) is 18.4 Å². The van der Waals surface area contributed by atoms with Crippen molar-refractivity contribution in [2.24, 2.45) is 11.8 Å². The smallest absolute Gasteiger partial charge is 0.326 e. The number of halogens is 3. The maximum atomic E-state index is 12.8. The lowest BCUT2D eigenvalue weighted by molar-refractivity contribution is -0.187. The van der Waals surface area contributed by atoms with Crippen LogP contribution in [0.2, 0.25) is 0 Å². The van der Waals surface area contributed by atoms with Crippen LogP contribution in [0.5, 0.6) is 0 Å². The molecule has 1 aliphatic carbocycles. The predicted octanol–water partition coefficient (Wildman–Crippen LogP) is 3.26. The lowest BCUT2D eigenvalue weighted by Crippen LogP contribution is -2.47. The molecule has 0 aromatic carbocycles. The first-order valence-electron chi connectivity index (χ1n) is 7.20. The summed E-state index contributed by atoms with van der Waals surface area (Å²) in [6.45, 7) is 0.504. The molecule has 0 N–H and O–H groups in total. The Hall–Kier alpha value is -1.25. The Labute approximate surface area is 116 Å². The van der Waals surface area contributed by atoms with Crippen LogP contribution in [0.1, 0.15) is 44.9 Å². The lowest BCUT2D eigenvalue weighted by atomic mass is 9.80. The first kappa shape index (κ1) is 15.1. The van der Waals surface area contributed by atoms with Crippen molar-refractivity contribution in [1.29, 1.82) is 5.26 Å². The number of likely N-dealkylation sites (tertiary alicyclic amines) is 1. The highest BCUT2D eigenvalue weighted by atomic mass is 19.4. The number of hydrogen-bond acceptors (Lipinski definition) is 2. The second-order valence-corrected chi connectivity index (χ2v) is 5.77. The third-order valence-corrected chi connectivity index (χ3v) is 4.42. The fourth-order valence-corrected chi connectivity index (χ4v) is 3.28. The van der Waals surface area contributed by atoms with Gasteiger partial charge in [-0.25, -0.2) is 0 Å². The van der Waals surface area contributed by atoms with Gasteiger partial charge in [0, 0.05) is 12.5 Å². The summed E-state index contributed by atoms with van der Waals surface area (Å²) >= 11 is 0. The zero-order chi connectivity index (χ0) is 14.8. The van der Waals surface area contributed by atoms with Crippen molar-refractivity contribution in [2.45, 2.75) is 57.2 Å². The van der Waals surface area contributed by atoms with Crippen molar-refractivity contribution in [2.75, 3.05) is 6.54 Å². The second kappa shape index (κ2) is 6.02. The molecule has 2 rings (SSSR count). The van der Waals surface area contributed by atoms with E-state index in [1.807, 2.05) is 0 Å². The molecule has 1 saturated carbocycles. The topological polar surface area (TPSA) is 44.1 Å². The molecule has 0 aromatic rings. The Morgan fingerprint density at radius 3 is 2.55 bits per heavy atom. The maximum Gasteiger partial charge on any atom is 0.391 e. The summed E-state index contributed by atoms with van der Waals surface area (Å²) in [5, 5.41) is 9.07. The average molecular weight is 288 g/mol. The maximum absolute atomic E-state index is 12.8. The predicted molar refractivity (Wildman–Crippen MR) is 66.5 cm³/mol. The highest BCUT2D eigenvalue weighted by molar-refractivity contribution is 5.79. The van der Waals surface area contributed by atoms with Crippen LogP contribution in [-0.2, 0) is 4.79 Å². The Balaban J connectivity index is 2.03. The van der Waals surface area contributed by atoms with E-state index in [-0.39, 0.29) is 18.7 Å². The fourth-order valence-electron chi connectivity index (χ4n) is 3.28. The quantitative estimate of drug-likeness (QED) is 0.743. The van der Waals surface area contributed by atoms with E-state index in [1.54, 1.807) is 0 Å². The van der Waals surface area contributed by atoms with Crippen LogP contribution in [0.25, 0.3) is 0 Å². The molecule has 1 aliphatic heterocycles. The van der Waals surface area contributed by atoms with Gasteiger partial charge in [0.25, 0.3) is 0 Å². The van der Waals surface area contributed by atoms with Crippen molar-refractivity contribution in [1.82, 2.24) is 4.90 Å². The number of rotatable bonds is 1. The van der Waals surface area contributed by atoms with Crippen LogP contribution in [0.15, 0.2) is 0 Å². The van der Waals surface area contributed by atoms with Gasteiger partial charge in [0.05, 0.1) is 12.0 Å². The summed E-state index contributed by atoms with van der Waals surface area (Å²) in [5.74, 6) is -2.18. The molecule has 0 spiro atoms. The number of alkyl halides is 3. The zero-order valence-electron chi connectivity index (χ0n) is 11.3. The summed E-state index contributed by atoms with van der Waals surface area (Å²) in [4.78, 5) is 13.9. The van der Waals surface area contributed by atoms with Crippen LogP contribution in [0.3, 0.4) is 0 Å². The first-order chi connectivity index (χ1) is 9.43. The number of carbonyl (C=O) groups excluding carboxylic acids is 1. The Bertz CT molecular complexity index is 402. The third kappa shape index (κ3) is 3.25. The second-order valence-electron chi connectivity index (χ2n) is 5.77. The Kier molecular flexibility index (Phi) is 4.56. The summed E-state index contributed by atoms with van der Waals surface area (Å²) < 4.78 is 38.4. The number of amides is 1. The molecule has 2 fully saturated rings. The molecule has 0 radical (unpaired) electrons. The molecule has 3 nitrogen and oxygen atoms in total. The highest BCUT2D eigenvalue weighted by Crippen LogP contribution is 2.40. The summed E-state index contributed by atoms with van der Waals surface area (Å²) in [7, 11) is 0. The molecule has 1 amide bonds. The zero-order valence-corrected chi connectivity index (χ0v) is 11.3. The third-order valence-electron chi connectivity index (χ3n) is 4.42. The van der Waals surface area contributed by atoms with Gasteiger partial charge >= 0.3 is 6.18 Å². The van der Waals surface area contributed by atoms with E-state index >= 15 is 0 Å². The van der Waals surface area contributed by atoms with E-state index in [0.717, 1.165) is 12.8 Å². The number of piperidine rings is 1. The minimum absolute atomic E-state index is 0.114. The van der Waals surface area contributed by atoms with Gasteiger partial charge in [-0.05, 0) is 38.5 Å². The van der Waals surface area contributed by atoms with E-state index in [9.17, 15) is 18.0 Å². The molecular weight excluding hydrogens is 269 g/mol. The number of carbonyl (C=O) groups is 1. The summed E-state index contributed by atoms with van der Waals surface area (Å²) in [6.07, 6.45) is -0.887. The van der Waals surface area contributed by atoms with Crippen LogP contribution < -0.4 is 0 Å². The Morgan fingerprint density at radius 1 is 1.15 bits per heavy atom. The standard InChI is InChI=1S/C14H19F3N2O/c15-14(16,17)11-5-3-4-10(8-11)13(20)19-7-2-1-6-12(19)9-18/h10-12H,1-8H2. The van der Waals surface area contributed by atoms with Gasteiger partial charge in [-0.1, -0.05) is 6.42 Å². The summed E-state index contributed by atoms with van der Waals surface area (Å²) in [5.41, 5.74) is 0. The fraction of sp³-hybridized carbons (Fsp3) is 0.857. The van der Waals surface area contributed by atoms with E-state index in [2.05, 4.69) is 6.07 Å². The molecule has 1 saturated heterocycles. The molecule has 3 unspecified atom stereocenters. The van der Waals surface area contributed by atoms with E-state index < -0.39 is 24.1 Å². The van der Waals surface area contributed by atoms with Gasteiger partial charge in [0.15, 0.2) is 0 Å². The van der Waals surface area contributed by atoms with Gasteiger partial charge in [0.1, 0.15) is 6.04 Å². The minimum Gasteiger partial charge on any atom is -0.326 e. The largest absolute Gasteiger partial charge is 0.391 e. The molecule has 0 bridgehead atoms. The van der Waals surface area contributed by atoms with Crippen molar-refractivity contribution in [3.05, 3.63) is 0 Å². The van der Waals surface area contributed by atoms with Crippen molar-refractivity contribution in [3.63, 3.8) is 0 Å². The van der Waals surface area contributed by atoms with Gasteiger partial charge in [0.2, 0.25) is 5.91 Å². The minimum atomic E-state index is -4.21. The van der Waals surface area contributed by atoms with Crippen molar-refractivity contribution in [3.8, 4) is 6.07 Å². The molecular formula is C14H19F3N2O. The monoisotopic (exact) mass is 288 g/mol. The SMILES string of the molecule is N#CC1CCCCN1C(=O)C1CCCC(C(F)(F)F)C1. The normalized spacial score (nSPS) is 31.7. The van der Waals surface area contributed by atoms with Gasteiger partial charge in [-0.3, -0.25) is 4.79 Å². The number of nitrogens with zero attached hydrogens (tertiary/aromatic N) is 2. The molecule has 112 valence electrons. The molecule has 2 aliphatic rings. The van der Waals surface area contributed by atoms with Crippen LogP contribution >= 0.6 is 0 Å². The van der Waals surface area contributed by atoms with E-state index in [1.165, 1.54) is 4.90 Å². The van der Waals surface area contributed by atoms with Gasteiger partial charge in [-0.15, -0.1) is 0 Å². The molecule has 6 heteroatoms. The number of hydrogen-bond donors (Lipinski definition) is 0. The number of nitriles is 1. The average Bonchev–Trinajstić information content (AvgIpc) is 2.45. The highest BCUT2D eigenvalue weighted by Gasteiger charge is 2.44. The van der Waals surface area contributed by atoms with Crippen molar-refractivity contribution < 1.29 is 18.0 Å². The molecule has 1 heterocycles. The molecule has 0 aromatic heterocycles. The van der Waals surface area contributed by atoms with Crippen molar-refractivity contribution >= 4 is 5.91 Å². The van der Waals surface area contributed by atoms with Crippen LogP contribution in [-0.4, -0.2) is 29.6 Å². The Morgan fingerprint density at radius 2 is 1.90 bits per heavy atom.